The summed E-state index contributed by atoms with van der Waals surface area (Å²) in [5.74, 6) is 1.40. The molecular formula is C19H29N5. The highest BCUT2D eigenvalue weighted by atomic mass is 15.2. The molecule has 3 rings (SSSR count). The zero-order valence-electron chi connectivity index (χ0n) is 15.3. The van der Waals surface area contributed by atoms with Crippen LogP contribution in [-0.4, -0.2) is 21.1 Å². The molecule has 3 aromatic rings. The number of hydrogen-bond donors (Lipinski definition) is 2. The van der Waals surface area contributed by atoms with Crippen LogP contribution in [0.15, 0.2) is 24.3 Å². The van der Waals surface area contributed by atoms with E-state index in [0.29, 0.717) is 5.82 Å². The quantitative estimate of drug-likeness (QED) is 0.637. The zero-order chi connectivity index (χ0) is 17.5. The van der Waals surface area contributed by atoms with Gasteiger partial charge in [-0.1, -0.05) is 52.3 Å². The lowest BCUT2D eigenvalue weighted by Crippen LogP contribution is -2.08. The number of nitrogens with one attached hydrogen (secondary N) is 1. The van der Waals surface area contributed by atoms with Gasteiger partial charge in [-0.2, -0.15) is 0 Å². The van der Waals surface area contributed by atoms with Crippen LogP contribution in [0.3, 0.4) is 0 Å². The zero-order valence-corrected chi connectivity index (χ0v) is 15.3. The molecule has 2 aromatic heterocycles. The first-order valence-electron chi connectivity index (χ1n) is 9.04. The van der Waals surface area contributed by atoms with Crippen molar-refractivity contribution in [2.75, 3.05) is 17.6 Å². The minimum absolute atomic E-state index is 0.502. The Balaban J connectivity index is 0.00000100. The number of nitrogen functional groups attached to an aromatic ring is 1. The normalized spacial score (nSPS) is 10.7. The molecule has 0 saturated carbocycles. The summed E-state index contributed by atoms with van der Waals surface area (Å²) in [5.41, 5.74) is 8.95. The lowest BCUT2D eigenvalue weighted by Gasteiger charge is -2.10. The molecule has 0 saturated heterocycles. The average molecular weight is 327 g/mol. The molecule has 0 aliphatic heterocycles. The van der Waals surface area contributed by atoms with Gasteiger partial charge in [0.05, 0.1) is 11.0 Å². The second kappa shape index (κ2) is 8.52. The van der Waals surface area contributed by atoms with Crippen molar-refractivity contribution in [3.8, 4) is 0 Å². The largest absolute Gasteiger partial charge is 0.382 e. The molecule has 2 heterocycles. The third kappa shape index (κ3) is 3.45. The third-order valence-electron chi connectivity index (χ3n) is 3.87. The number of para-hydroxylation sites is 1. The van der Waals surface area contributed by atoms with Crippen molar-refractivity contribution < 1.29 is 0 Å². The molecule has 130 valence electrons. The number of rotatable bonds is 6. The van der Waals surface area contributed by atoms with E-state index in [-0.39, 0.29) is 0 Å². The number of imidazole rings is 1. The van der Waals surface area contributed by atoms with Crippen molar-refractivity contribution in [3.05, 3.63) is 24.3 Å². The van der Waals surface area contributed by atoms with Crippen molar-refractivity contribution >= 4 is 33.7 Å². The standard InChI is InChI=1S/C17H23N5.C2H6/c1-3-5-10-19-17-21-14-15(22(17)11-4-2)12-8-6-7-9-13(12)20-16(14)18;1-2/h6-9H,3-5,10-11H2,1-2H3,(H2,18,20)(H,19,21);1-2H3. The van der Waals surface area contributed by atoms with E-state index >= 15 is 0 Å². The molecule has 0 amide bonds. The fourth-order valence-electron chi connectivity index (χ4n) is 2.81. The Kier molecular flexibility index (Phi) is 6.41. The third-order valence-corrected chi connectivity index (χ3v) is 3.87. The van der Waals surface area contributed by atoms with E-state index in [1.165, 1.54) is 0 Å². The number of nitrogens with zero attached hydrogens (tertiary/aromatic N) is 3. The number of aryl methyl sites for hydroxylation is 1. The van der Waals surface area contributed by atoms with Gasteiger partial charge in [-0.3, -0.25) is 0 Å². The molecule has 0 radical (unpaired) electrons. The summed E-state index contributed by atoms with van der Waals surface area (Å²) in [6.45, 7) is 10.2. The topological polar surface area (TPSA) is 68.8 Å². The van der Waals surface area contributed by atoms with Gasteiger partial charge < -0.3 is 15.6 Å². The number of pyridine rings is 1. The van der Waals surface area contributed by atoms with Crippen LogP contribution in [0.25, 0.3) is 21.9 Å². The minimum atomic E-state index is 0.502. The van der Waals surface area contributed by atoms with E-state index in [4.69, 9.17) is 10.7 Å². The van der Waals surface area contributed by atoms with Crippen molar-refractivity contribution in [3.63, 3.8) is 0 Å². The molecule has 5 heteroatoms. The molecule has 5 nitrogen and oxygen atoms in total. The van der Waals surface area contributed by atoms with Gasteiger partial charge in [0.2, 0.25) is 5.95 Å². The lowest BCUT2D eigenvalue weighted by atomic mass is 10.2. The van der Waals surface area contributed by atoms with Gasteiger partial charge in [0.15, 0.2) is 5.82 Å². The Morgan fingerprint density at radius 1 is 1.08 bits per heavy atom. The monoisotopic (exact) mass is 327 g/mol. The Morgan fingerprint density at radius 2 is 1.83 bits per heavy atom. The van der Waals surface area contributed by atoms with Crippen molar-refractivity contribution in [2.24, 2.45) is 0 Å². The summed E-state index contributed by atoms with van der Waals surface area (Å²) in [7, 11) is 0. The molecule has 0 bridgehead atoms. The van der Waals surface area contributed by atoms with E-state index < -0.39 is 0 Å². The molecule has 0 aliphatic rings. The molecular weight excluding hydrogens is 298 g/mol. The number of unbranched alkanes of at least 4 members (excludes halogenated alkanes) is 1. The molecule has 0 spiro atoms. The van der Waals surface area contributed by atoms with Gasteiger partial charge in [-0.05, 0) is 18.9 Å². The first-order valence-corrected chi connectivity index (χ1v) is 9.04. The Labute approximate surface area is 144 Å². The minimum Gasteiger partial charge on any atom is -0.382 e. The predicted molar refractivity (Wildman–Crippen MR) is 104 cm³/mol. The molecule has 0 atom stereocenters. The number of anilines is 2. The van der Waals surface area contributed by atoms with Crippen LogP contribution in [0.5, 0.6) is 0 Å². The van der Waals surface area contributed by atoms with E-state index in [1.54, 1.807) is 0 Å². The van der Waals surface area contributed by atoms with Crippen LogP contribution < -0.4 is 11.1 Å². The first-order chi connectivity index (χ1) is 11.8. The van der Waals surface area contributed by atoms with E-state index in [0.717, 1.165) is 60.2 Å². The van der Waals surface area contributed by atoms with Crippen LogP contribution in [0.4, 0.5) is 11.8 Å². The fourth-order valence-corrected chi connectivity index (χ4v) is 2.81. The molecule has 0 fully saturated rings. The highest BCUT2D eigenvalue weighted by molar-refractivity contribution is 6.07. The van der Waals surface area contributed by atoms with E-state index in [9.17, 15) is 0 Å². The van der Waals surface area contributed by atoms with Gasteiger partial charge in [0.25, 0.3) is 0 Å². The van der Waals surface area contributed by atoms with Crippen molar-refractivity contribution in [1.82, 2.24) is 14.5 Å². The highest BCUT2D eigenvalue weighted by Gasteiger charge is 2.16. The maximum Gasteiger partial charge on any atom is 0.204 e. The second-order valence-corrected chi connectivity index (χ2v) is 5.58. The SMILES string of the molecule is CC.CCCCNc1nc2c(N)nc3ccccc3c2n1CCC. The van der Waals surface area contributed by atoms with Crippen molar-refractivity contribution in [2.45, 2.75) is 53.5 Å². The van der Waals surface area contributed by atoms with Gasteiger partial charge >= 0.3 is 0 Å². The summed E-state index contributed by atoms with van der Waals surface area (Å²) in [6, 6.07) is 8.11. The molecule has 0 unspecified atom stereocenters. The van der Waals surface area contributed by atoms with E-state index in [1.807, 2.05) is 32.0 Å². The van der Waals surface area contributed by atoms with Crippen LogP contribution in [0.1, 0.15) is 47.0 Å². The van der Waals surface area contributed by atoms with Crippen LogP contribution in [-0.2, 0) is 6.54 Å². The number of benzene rings is 1. The Bertz CT molecular complexity index is 791. The number of hydrogen-bond acceptors (Lipinski definition) is 4. The summed E-state index contributed by atoms with van der Waals surface area (Å²) in [5, 5.41) is 4.56. The Morgan fingerprint density at radius 3 is 2.54 bits per heavy atom. The van der Waals surface area contributed by atoms with Gasteiger partial charge in [-0.15, -0.1) is 0 Å². The maximum atomic E-state index is 6.14. The smallest absolute Gasteiger partial charge is 0.204 e. The van der Waals surface area contributed by atoms with Crippen LogP contribution in [0, 0.1) is 0 Å². The molecule has 0 aliphatic carbocycles. The highest BCUT2D eigenvalue weighted by Crippen LogP contribution is 2.30. The lowest BCUT2D eigenvalue weighted by molar-refractivity contribution is 0.698. The van der Waals surface area contributed by atoms with Crippen molar-refractivity contribution in [1.29, 1.82) is 0 Å². The molecule has 1 aromatic carbocycles. The summed E-state index contributed by atoms with van der Waals surface area (Å²) < 4.78 is 2.24. The van der Waals surface area contributed by atoms with E-state index in [2.05, 4.69) is 34.8 Å². The molecule has 3 N–H and O–H groups in total. The number of nitrogens with two attached hydrogens (primary N) is 1. The summed E-state index contributed by atoms with van der Waals surface area (Å²) >= 11 is 0. The molecule has 24 heavy (non-hydrogen) atoms. The summed E-state index contributed by atoms with van der Waals surface area (Å²) in [4.78, 5) is 9.21. The van der Waals surface area contributed by atoms with Crippen LogP contribution in [0.2, 0.25) is 0 Å². The average Bonchev–Trinajstić information content (AvgIpc) is 2.97. The van der Waals surface area contributed by atoms with Crippen LogP contribution >= 0.6 is 0 Å². The van der Waals surface area contributed by atoms with Gasteiger partial charge in [-0.25, -0.2) is 9.97 Å². The fraction of sp³-hybridized carbons (Fsp3) is 0.474. The van der Waals surface area contributed by atoms with Gasteiger partial charge in [0.1, 0.15) is 5.52 Å². The predicted octanol–water partition coefficient (Wildman–Crippen LogP) is 4.81. The van der Waals surface area contributed by atoms with Gasteiger partial charge in [0, 0.05) is 18.5 Å². The maximum absolute atomic E-state index is 6.14. The first kappa shape index (κ1) is 18.0. The summed E-state index contributed by atoms with van der Waals surface area (Å²) in [6.07, 6.45) is 3.34. The second-order valence-electron chi connectivity index (χ2n) is 5.58. The number of fused-ring (bicyclic) bond motifs is 3. The Hall–Kier alpha value is -2.30. The number of aromatic nitrogens is 3.